The third-order valence-corrected chi connectivity index (χ3v) is 5.40. The molecule has 7 heteroatoms. The van der Waals surface area contributed by atoms with Crippen LogP contribution in [0.15, 0.2) is 4.99 Å². The van der Waals surface area contributed by atoms with Crippen LogP contribution in [0.4, 0.5) is 0 Å². The lowest BCUT2D eigenvalue weighted by atomic mass is 9.85. The smallest absolute Gasteiger partial charge is 0.223 e. The van der Waals surface area contributed by atoms with Crippen molar-refractivity contribution in [2.75, 3.05) is 46.4 Å². The van der Waals surface area contributed by atoms with Gasteiger partial charge < -0.3 is 25.0 Å². The molecule has 142 valence electrons. The predicted octanol–water partition coefficient (Wildman–Crippen LogP) is 0.748. The molecule has 3 fully saturated rings. The second-order valence-electron chi connectivity index (χ2n) is 7.15. The highest BCUT2D eigenvalue weighted by Crippen LogP contribution is 2.26. The number of carbonyl (C=O) groups excluding carboxylic acids is 1. The van der Waals surface area contributed by atoms with Crippen LogP contribution in [0.5, 0.6) is 0 Å². The van der Waals surface area contributed by atoms with Crippen LogP contribution in [-0.4, -0.2) is 75.4 Å². The zero-order valence-corrected chi connectivity index (χ0v) is 15.3. The Bertz CT molecular complexity index is 461. The topological polar surface area (TPSA) is 75.2 Å². The average molecular weight is 352 g/mol. The maximum absolute atomic E-state index is 11.8. The van der Waals surface area contributed by atoms with E-state index in [0.717, 1.165) is 70.8 Å². The summed E-state index contributed by atoms with van der Waals surface area (Å²) in [6, 6.07) is 0. The summed E-state index contributed by atoms with van der Waals surface area (Å²) in [5, 5.41) is 6.44. The number of ether oxygens (including phenoxy) is 2. The summed E-state index contributed by atoms with van der Waals surface area (Å²) in [5.74, 6) is 1.41. The number of amides is 1. The molecule has 25 heavy (non-hydrogen) atoms. The van der Waals surface area contributed by atoms with Crippen molar-refractivity contribution in [1.29, 1.82) is 0 Å². The minimum absolute atomic E-state index is 0.136. The van der Waals surface area contributed by atoms with Gasteiger partial charge in [-0.05, 0) is 32.1 Å². The van der Waals surface area contributed by atoms with Gasteiger partial charge >= 0.3 is 0 Å². The van der Waals surface area contributed by atoms with Crippen LogP contribution in [0.3, 0.4) is 0 Å². The van der Waals surface area contributed by atoms with Crippen LogP contribution in [-0.2, 0) is 14.3 Å². The van der Waals surface area contributed by atoms with Gasteiger partial charge in [0.1, 0.15) is 6.10 Å². The summed E-state index contributed by atoms with van der Waals surface area (Å²) in [7, 11) is 1.82. The van der Waals surface area contributed by atoms with E-state index in [-0.39, 0.29) is 24.0 Å². The molecule has 1 saturated carbocycles. The molecule has 0 spiro atoms. The second kappa shape index (κ2) is 9.38. The normalized spacial score (nSPS) is 27.9. The van der Waals surface area contributed by atoms with Crippen molar-refractivity contribution < 1.29 is 14.3 Å². The lowest BCUT2D eigenvalue weighted by Crippen LogP contribution is -2.53. The molecule has 2 heterocycles. The SMILES string of the molecule is CN=C(NCCCNC(=O)C1CCC1)N1CCOC(C2CCCO2)C1. The second-order valence-corrected chi connectivity index (χ2v) is 7.15. The van der Waals surface area contributed by atoms with Gasteiger partial charge in [-0.25, -0.2) is 0 Å². The number of nitrogens with zero attached hydrogens (tertiary/aromatic N) is 2. The average Bonchev–Trinajstić information content (AvgIpc) is 3.11. The Balaban J connectivity index is 1.34. The van der Waals surface area contributed by atoms with Crippen molar-refractivity contribution in [1.82, 2.24) is 15.5 Å². The third-order valence-electron chi connectivity index (χ3n) is 5.40. The molecule has 3 rings (SSSR count). The van der Waals surface area contributed by atoms with E-state index in [2.05, 4.69) is 20.5 Å². The van der Waals surface area contributed by atoms with Crippen molar-refractivity contribution in [3.8, 4) is 0 Å². The fourth-order valence-electron chi connectivity index (χ4n) is 3.64. The van der Waals surface area contributed by atoms with E-state index in [0.29, 0.717) is 6.61 Å². The molecule has 2 saturated heterocycles. The van der Waals surface area contributed by atoms with Gasteiger partial charge in [-0.3, -0.25) is 9.79 Å². The summed E-state index contributed by atoms with van der Waals surface area (Å²) in [5.41, 5.74) is 0. The molecule has 3 aliphatic rings. The van der Waals surface area contributed by atoms with E-state index in [1.165, 1.54) is 6.42 Å². The Morgan fingerprint density at radius 2 is 1.88 bits per heavy atom. The third kappa shape index (κ3) is 5.07. The van der Waals surface area contributed by atoms with Crippen LogP contribution in [0, 0.1) is 5.92 Å². The number of carbonyl (C=O) groups is 1. The van der Waals surface area contributed by atoms with Crippen LogP contribution in [0.2, 0.25) is 0 Å². The van der Waals surface area contributed by atoms with Gasteiger partial charge in [0.05, 0.1) is 12.7 Å². The van der Waals surface area contributed by atoms with E-state index < -0.39 is 0 Å². The Hall–Kier alpha value is -1.34. The quantitative estimate of drug-likeness (QED) is 0.419. The van der Waals surface area contributed by atoms with E-state index in [9.17, 15) is 4.79 Å². The van der Waals surface area contributed by atoms with Crippen molar-refractivity contribution in [2.24, 2.45) is 10.9 Å². The van der Waals surface area contributed by atoms with E-state index in [1.807, 2.05) is 7.05 Å². The Morgan fingerprint density at radius 1 is 1.08 bits per heavy atom. The zero-order chi connectivity index (χ0) is 17.5. The largest absolute Gasteiger partial charge is 0.375 e. The molecular formula is C18H32N4O3. The molecular weight excluding hydrogens is 320 g/mol. The highest BCUT2D eigenvalue weighted by atomic mass is 16.5. The first-order valence-corrected chi connectivity index (χ1v) is 9.74. The molecule has 0 aromatic carbocycles. The molecule has 2 aliphatic heterocycles. The van der Waals surface area contributed by atoms with Gasteiger partial charge in [0, 0.05) is 45.8 Å². The maximum Gasteiger partial charge on any atom is 0.223 e. The highest BCUT2D eigenvalue weighted by Gasteiger charge is 2.32. The fraction of sp³-hybridized carbons (Fsp3) is 0.889. The maximum atomic E-state index is 11.8. The van der Waals surface area contributed by atoms with Crippen LogP contribution >= 0.6 is 0 Å². The highest BCUT2D eigenvalue weighted by molar-refractivity contribution is 5.80. The van der Waals surface area contributed by atoms with Crippen LogP contribution in [0.25, 0.3) is 0 Å². The molecule has 0 radical (unpaired) electrons. The Labute approximate surface area is 150 Å². The summed E-state index contributed by atoms with van der Waals surface area (Å²) < 4.78 is 11.7. The van der Waals surface area contributed by atoms with Gasteiger partial charge in [0.25, 0.3) is 0 Å². The molecule has 7 nitrogen and oxygen atoms in total. The molecule has 0 aromatic heterocycles. The van der Waals surface area contributed by atoms with Crippen LogP contribution < -0.4 is 10.6 Å². The number of hydrogen-bond donors (Lipinski definition) is 2. The van der Waals surface area contributed by atoms with E-state index >= 15 is 0 Å². The van der Waals surface area contributed by atoms with Crippen molar-refractivity contribution in [3.63, 3.8) is 0 Å². The first-order valence-electron chi connectivity index (χ1n) is 9.74. The van der Waals surface area contributed by atoms with Gasteiger partial charge in [-0.15, -0.1) is 0 Å². The van der Waals surface area contributed by atoms with Crippen molar-refractivity contribution in [2.45, 2.75) is 50.7 Å². The summed E-state index contributed by atoms with van der Waals surface area (Å²) in [4.78, 5) is 18.5. The number of morpholine rings is 1. The van der Waals surface area contributed by atoms with Crippen molar-refractivity contribution >= 4 is 11.9 Å². The predicted molar refractivity (Wildman–Crippen MR) is 96.6 cm³/mol. The lowest BCUT2D eigenvalue weighted by molar-refractivity contribution is -0.127. The molecule has 2 unspecified atom stereocenters. The Kier molecular flexibility index (Phi) is 6.93. The van der Waals surface area contributed by atoms with Gasteiger partial charge in [-0.1, -0.05) is 6.42 Å². The first-order chi connectivity index (χ1) is 12.3. The van der Waals surface area contributed by atoms with Crippen LogP contribution in [0.1, 0.15) is 38.5 Å². The van der Waals surface area contributed by atoms with E-state index in [1.54, 1.807) is 0 Å². The fourth-order valence-corrected chi connectivity index (χ4v) is 3.64. The summed E-state index contributed by atoms with van der Waals surface area (Å²) in [6.45, 7) is 4.76. The number of rotatable bonds is 6. The van der Waals surface area contributed by atoms with Gasteiger partial charge in [-0.2, -0.15) is 0 Å². The monoisotopic (exact) mass is 352 g/mol. The Morgan fingerprint density at radius 3 is 2.56 bits per heavy atom. The number of aliphatic imine (C=N–C) groups is 1. The number of nitrogens with one attached hydrogen (secondary N) is 2. The molecule has 2 atom stereocenters. The molecule has 0 aromatic rings. The minimum atomic E-state index is 0.136. The number of hydrogen-bond acceptors (Lipinski definition) is 4. The molecule has 1 aliphatic carbocycles. The standard InChI is InChI=1S/C18H32N4O3/c1-19-18(21-9-4-8-20-17(23)14-5-2-6-14)22-10-12-25-16(13-22)15-7-3-11-24-15/h14-16H,2-13H2,1H3,(H,19,21)(H,20,23). The molecule has 1 amide bonds. The lowest BCUT2D eigenvalue weighted by Gasteiger charge is -2.37. The molecule has 0 bridgehead atoms. The van der Waals surface area contributed by atoms with E-state index in [4.69, 9.17) is 9.47 Å². The summed E-state index contributed by atoms with van der Waals surface area (Å²) in [6.07, 6.45) is 6.78. The zero-order valence-electron chi connectivity index (χ0n) is 15.3. The first kappa shape index (κ1) is 18.5. The van der Waals surface area contributed by atoms with Crippen molar-refractivity contribution in [3.05, 3.63) is 0 Å². The van der Waals surface area contributed by atoms with Gasteiger partial charge in [0.2, 0.25) is 5.91 Å². The minimum Gasteiger partial charge on any atom is -0.375 e. The van der Waals surface area contributed by atoms with Gasteiger partial charge in [0.15, 0.2) is 5.96 Å². The molecule has 2 N–H and O–H groups in total. The number of guanidine groups is 1. The summed E-state index contributed by atoms with van der Waals surface area (Å²) >= 11 is 0.